The van der Waals surface area contributed by atoms with Gasteiger partial charge >= 0.3 is 0 Å². The summed E-state index contributed by atoms with van der Waals surface area (Å²) in [7, 11) is 0. The molecule has 0 unspecified atom stereocenters. The van der Waals surface area contributed by atoms with Gasteiger partial charge in [0.05, 0.1) is 44.1 Å². The predicted molar refractivity (Wildman–Crippen MR) is 567 cm³/mol. The second-order valence-electron chi connectivity index (χ2n) is 34.0. The molecule has 0 spiro atoms. The first-order valence-corrected chi connectivity index (χ1v) is 46.1. The van der Waals surface area contributed by atoms with Crippen molar-refractivity contribution in [1.29, 1.82) is 0 Å². The zero-order valence-corrected chi connectivity index (χ0v) is 74.2. The van der Waals surface area contributed by atoms with E-state index in [0.717, 1.165) is 147 Å². The average Bonchev–Trinajstić information content (AvgIpc) is 1.58. The van der Waals surface area contributed by atoms with Gasteiger partial charge in [-0.05, 0) is 302 Å². The van der Waals surface area contributed by atoms with Crippen molar-refractivity contribution in [3.63, 3.8) is 0 Å². The molecule has 0 aliphatic rings. The third-order valence-electron chi connectivity index (χ3n) is 25.8. The van der Waals surface area contributed by atoms with E-state index < -0.39 is 0 Å². The van der Waals surface area contributed by atoms with Gasteiger partial charge in [0.15, 0.2) is 0 Å². The maximum absolute atomic E-state index is 6.28. The third kappa shape index (κ3) is 15.2. The van der Waals surface area contributed by atoms with Crippen molar-refractivity contribution in [2.45, 2.75) is 0 Å². The standard InChI is InChI=1S/C66H46N4O2.C60H42N4/c1-5-17-47(18-6-1)69-63-27-15-13-25-59(63)61-45-53(37-43-65(61)69)67(51-33-39-57(40-34-51)71-55-21-9-3-10-22-55)49-29-31-50(32-30-49)68(52-35-41-58(42-36-52)72-56-23-11-4-12-24-56)54-38-44-66-62(46-54)60-26-14-16-28-64(60)70(66)48-19-7-2-8-20-48;1-5-17-45(18-6-1)61(51-37-39-59-55(41-51)53-25-13-15-27-57(53)63(59)47-21-9-3-10-22-47)49-33-29-43(30-34-49)44-31-35-50(36-32-44)62(46-19-7-2-8-20-46)52-38-40-60-56(42-52)54-26-14-16-28-58(54)64(60)48-23-11-4-12-24-48/h1-46H;1-42H. The minimum Gasteiger partial charge on any atom is -0.457 e. The number of fused-ring (bicyclic) bond motifs is 12. The molecule has 25 rings (SSSR count). The molecule has 0 radical (unpaired) electrons. The van der Waals surface area contributed by atoms with Crippen LogP contribution in [0, 0.1) is 0 Å². The van der Waals surface area contributed by atoms with Gasteiger partial charge in [0, 0.05) is 134 Å². The molecule has 0 atom stereocenters. The van der Waals surface area contributed by atoms with Gasteiger partial charge in [0.2, 0.25) is 0 Å². The summed E-state index contributed by atoms with van der Waals surface area (Å²) in [5, 5.41) is 9.64. The second kappa shape index (κ2) is 35.5. The third-order valence-corrected chi connectivity index (χ3v) is 25.8. The van der Waals surface area contributed by atoms with Gasteiger partial charge in [-0.3, -0.25) is 0 Å². The predicted octanol–water partition coefficient (Wildman–Crippen LogP) is 34.9. The SMILES string of the molecule is c1ccc(N(c2ccc(-c3ccc(N(c4ccccc4)c4ccc5c(c4)c4ccccc4n5-c4ccccc4)cc3)cc2)c2ccc3c(c2)c2ccccc2n3-c2ccccc2)cc1.c1ccc(Oc2ccc(N(c3ccc(N(c4ccc(Oc5ccccc5)cc4)c4ccc5c(c4)c4ccccc4n5-c4ccccc4)cc3)c3ccc4c(c3)c3ccccc3n4-c3ccccc3)cc2)cc1. The minimum absolute atomic E-state index is 0.765. The summed E-state index contributed by atoms with van der Waals surface area (Å²) >= 11 is 0. The Hall–Kier alpha value is -18.4. The highest BCUT2D eigenvalue weighted by Gasteiger charge is 2.25. The van der Waals surface area contributed by atoms with Gasteiger partial charge in [0.1, 0.15) is 23.0 Å². The van der Waals surface area contributed by atoms with Crippen molar-refractivity contribution in [1.82, 2.24) is 18.3 Å². The molecule has 25 aromatic rings. The summed E-state index contributed by atoms with van der Waals surface area (Å²) < 4.78 is 22.0. The second-order valence-corrected chi connectivity index (χ2v) is 34.0. The molecule has 0 N–H and O–H groups in total. The summed E-state index contributed by atoms with van der Waals surface area (Å²) in [6.45, 7) is 0. The number of ether oxygens (including phenoxy) is 2. The van der Waals surface area contributed by atoms with Crippen molar-refractivity contribution in [3.8, 4) is 56.9 Å². The number of benzene rings is 21. The number of aromatic nitrogens is 4. The van der Waals surface area contributed by atoms with Crippen molar-refractivity contribution in [3.05, 3.63) is 534 Å². The summed E-state index contributed by atoms with van der Waals surface area (Å²) in [6, 6.07) is 189. The summed E-state index contributed by atoms with van der Waals surface area (Å²) in [5.74, 6) is 3.12. The first kappa shape index (κ1) is 80.9. The van der Waals surface area contributed by atoms with Gasteiger partial charge in [-0.1, -0.05) is 243 Å². The smallest absolute Gasteiger partial charge is 0.127 e. The Balaban J connectivity index is 0.000000150. The summed E-state index contributed by atoms with van der Waals surface area (Å²) in [4.78, 5) is 9.36. The number of hydrogen-bond donors (Lipinski definition) is 0. The van der Waals surface area contributed by atoms with Gasteiger partial charge in [-0.25, -0.2) is 0 Å². The molecule has 4 heterocycles. The van der Waals surface area contributed by atoms with Crippen LogP contribution in [-0.4, -0.2) is 18.3 Å². The maximum atomic E-state index is 6.28. The molecule has 0 saturated carbocycles. The molecule has 0 amide bonds. The van der Waals surface area contributed by atoms with Crippen molar-refractivity contribution in [2.24, 2.45) is 0 Å². The maximum Gasteiger partial charge on any atom is 0.127 e. The Morgan fingerprint density at radius 3 is 0.537 bits per heavy atom. The average molecular weight is 1750 g/mol. The van der Waals surface area contributed by atoms with Crippen LogP contribution in [0.2, 0.25) is 0 Å². The number of nitrogens with zero attached hydrogens (tertiary/aromatic N) is 8. The fourth-order valence-corrected chi connectivity index (χ4v) is 19.7. The van der Waals surface area contributed by atoms with Crippen molar-refractivity contribution in [2.75, 3.05) is 19.6 Å². The fraction of sp³-hybridized carbons (Fsp3) is 0. The molecular weight excluding hydrogens is 1660 g/mol. The highest BCUT2D eigenvalue weighted by atomic mass is 16.5. The van der Waals surface area contributed by atoms with Crippen LogP contribution in [0.1, 0.15) is 0 Å². The first-order chi connectivity index (χ1) is 67.5. The molecule has 10 nitrogen and oxygen atoms in total. The molecule has 4 aromatic heterocycles. The van der Waals surface area contributed by atoms with E-state index in [0.29, 0.717) is 0 Å². The van der Waals surface area contributed by atoms with Gasteiger partial charge in [-0.15, -0.1) is 0 Å². The molecule has 644 valence electrons. The van der Waals surface area contributed by atoms with Gasteiger partial charge < -0.3 is 47.3 Å². The Bertz CT molecular complexity index is 8090. The van der Waals surface area contributed by atoms with Crippen LogP contribution in [0.5, 0.6) is 23.0 Å². The lowest BCUT2D eigenvalue weighted by Crippen LogP contribution is -2.12. The highest BCUT2D eigenvalue weighted by Crippen LogP contribution is 2.48. The quantitative estimate of drug-likeness (QED) is 0.0715. The fourth-order valence-electron chi connectivity index (χ4n) is 19.7. The number of anilines is 12. The van der Waals surface area contributed by atoms with E-state index in [9.17, 15) is 0 Å². The van der Waals surface area contributed by atoms with E-state index in [2.05, 4.69) is 487 Å². The minimum atomic E-state index is 0.765. The van der Waals surface area contributed by atoms with Crippen molar-refractivity contribution < 1.29 is 9.47 Å². The number of rotatable bonds is 21. The number of para-hydroxylation sites is 12. The lowest BCUT2D eigenvalue weighted by atomic mass is 10.0. The Morgan fingerprint density at radius 2 is 0.294 bits per heavy atom. The summed E-state index contributed by atoms with van der Waals surface area (Å²) in [6.07, 6.45) is 0. The Morgan fingerprint density at radius 1 is 0.125 bits per heavy atom. The van der Waals surface area contributed by atoms with Crippen LogP contribution in [0.15, 0.2) is 534 Å². The van der Waals surface area contributed by atoms with Crippen LogP contribution < -0.4 is 29.1 Å². The molecular formula is C126H88N8O2. The van der Waals surface area contributed by atoms with E-state index in [1.807, 2.05) is 84.9 Å². The normalized spacial score (nSPS) is 11.4. The van der Waals surface area contributed by atoms with E-state index in [-0.39, 0.29) is 0 Å². The van der Waals surface area contributed by atoms with E-state index in [1.165, 1.54) is 65.2 Å². The largest absolute Gasteiger partial charge is 0.457 e. The molecule has 21 aromatic carbocycles. The van der Waals surface area contributed by atoms with Crippen LogP contribution >= 0.6 is 0 Å². The van der Waals surface area contributed by atoms with E-state index in [1.54, 1.807) is 0 Å². The van der Waals surface area contributed by atoms with Crippen LogP contribution in [0.4, 0.5) is 68.2 Å². The monoisotopic (exact) mass is 1740 g/mol. The van der Waals surface area contributed by atoms with Crippen LogP contribution in [0.3, 0.4) is 0 Å². The lowest BCUT2D eigenvalue weighted by molar-refractivity contribution is 0.482. The first-order valence-electron chi connectivity index (χ1n) is 46.1. The molecule has 0 aliphatic heterocycles. The summed E-state index contributed by atoms with van der Waals surface area (Å²) in [5.41, 5.74) is 29.0. The molecule has 0 bridgehead atoms. The van der Waals surface area contributed by atoms with Crippen LogP contribution in [0.25, 0.3) is 121 Å². The zero-order chi connectivity index (χ0) is 90.2. The molecule has 0 saturated heterocycles. The number of hydrogen-bond acceptors (Lipinski definition) is 6. The highest BCUT2D eigenvalue weighted by molar-refractivity contribution is 6.15. The molecule has 10 heteroatoms. The van der Waals surface area contributed by atoms with E-state index in [4.69, 9.17) is 9.47 Å². The molecule has 136 heavy (non-hydrogen) atoms. The van der Waals surface area contributed by atoms with Crippen LogP contribution in [-0.2, 0) is 0 Å². The Labute approximate surface area is 788 Å². The van der Waals surface area contributed by atoms with Crippen molar-refractivity contribution >= 4 is 155 Å². The van der Waals surface area contributed by atoms with Gasteiger partial charge in [0.25, 0.3) is 0 Å². The Kier molecular flexibility index (Phi) is 21.1. The topological polar surface area (TPSA) is 51.1 Å². The van der Waals surface area contributed by atoms with Gasteiger partial charge in [-0.2, -0.15) is 0 Å². The lowest BCUT2D eigenvalue weighted by Gasteiger charge is -2.29. The van der Waals surface area contributed by atoms with E-state index >= 15 is 0 Å². The molecule has 0 fully saturated rings. The molecule has 0 aliphatic carbocycles. The zero-order valence-electron chi connectivity index (χ0n) is 74.2.